The van der Waals surface area contributed by atoms with E-state index in [0.717, 1.165) is 32.6 Å². The smallest absolute Gasteiger partial charge is 0.0472 e. The fourth-order valence-corrected chi connectivity index (χ4v) is 3.09. The Hall–Kier alpha value is -0.120. The highest BCUT2D eigenvalue weighted by Gasteiger charge is 2.39. The molecule has 0 bridgehead atoms. The van der Waals surface area contributed by atoms with E-state index in [1.807, 2.05) is 0 Å². The van der Waals surface area contributed by atoms with Gasteiger partial charge in [-0.3, -0.25) is 4.90 Å². The van der Waals surface area contributed by atoms with Crippen LogP contribution in [0.2, 0.25) is 0 Å². The molecule has 0 aromatic carbocycles. The minimum atomic E-state index is 0.319. The summed E-state index contributed by atoms with van der Waals surface area (Å²) in [6, 6.07) is 0. The molecular weight excluding hydrogens is 200 g/mol. The van der Waals surface area contributed by atoms with Crippen LogP contribution in [0.5, 0.6) is 0 Å². The third-order valence-electron chi connectivity index (χ3n) is 4.59. The second-order valence-electron chi connectivity index (χ2n) is 6.15. The molecule has 3 heteroatoms. The standard InChI is InChI=1S/C13H26N2O/c1-12(2)4-3-7-15(12)11-13(10-14)5-8-16-9-6-13/h3-11,14H2,1-2H3. The summed E-state index contributed by atoms with van der Waals surface area (Å²) in [6.07, 6.45) is 4.93. The van der Waals surface area contributed by atoms with Gasteiger partial charge >= 0.3 is 0 Å². The molecule has 2 aliphatic rings. The highest BCUT2D eigenvalue weighted by molar-refractivity contribution is 4.94. The number of likely N-dealkylation sites (tertiary alicyclic amines) is 1. The van der Waals surface area contributed by atoms with Crippen LogP contribution in [0.1, 0.15) is 39.5 Å². The van der Waals surface area contributed by atoms with Gasteiger partial charge in [0.05, 0.1) is 0 Å². The molecule has 0 radical (unpaired) electrons. The van der Waals surface area contributed by atoms with Crippen molar-refractivity contribution in [3.63, 3.8) is 0 Å². The Morgan fingerprint density at radius 1 is 1.19 bits per heavy atom. The fraction of sp³-hybridized carbons (Fsp3) is 1.00. The molecule has 16 heavy (non-hydrogen) atoms. The number of nitrogens with two attached hydrogens (primary N) is 1. The van der Waals surface area contributed by atoms with Crippen molar-refractivity contribution in [3.05, 3.63) is 0 Å². The van der Waals surface area contributed by atoms with Crippen molar-refractivity contribution in [1.82, 2.24) is 4.90 Å². The maximum Gasteiger partial charge on any atom is 0.0472 e. The van der Waals surface area contributed by atoms with E-state index in [9.17, 15) is 0 Å². The van der Waals surface area contributed by atoms with Crippen LogP contribution in [0.3, 0.4) is 0 Å². The molecule has 94 valence electrons. The van der Waals surface area contributed by atoms with Gasteiger partial charge in [-0.15, -0.1) is 0 Å². The molecule has 0 saturated carbocycles. The first-order chi connectivity index (χ1) is 7.58. The lowest BCUT2D eigenvalue weighted by Gasteiger charge is -2.43. The van der Waals surface area contributed by atoms with Gasteiger partial charge in [0.25, 0.3) is 0 Å². The van der Waals surface area contributed by atoms with Gasteiger partial charge in [0, 0.05) is 25.3 Å². The van der Waals surface area contributed by atoms with Gasteiger partial charge in [-0.1, -0.05) is 0 Å². The molecule has 2 saturated heterocycles. The summed E-state index contributed by atoms with van der Waals surface area (Å²) in [5.41, 5.74) is 6.72. The molecule has 0 unspecified atom stereocenters. The minimum Gasteiger partial charge on any atom is -0.381 e. The molecule has 0 atom stereocenters. The topological polar surface area (TPSA) is 38.5 Å². The van der Waals surface area contributed by atoms with Crippen molar-refractivity contribution >= 4 is 0 Å². The zero-order valence-corrected chi connectivity index (χ0v) is 10.8. The quantitative estimate of drug-likeness (QED) is 0.794. The number of nitrogens with zero attached hydrogens (tertiary/aromatic N) is 1. The van der Waals surface area contributed by atoms with Gasteiger partial charge in [0.2, 0.25) is 0 Å². The molecule has 0 aromatic heterocycles. The van der Waals surface area contributed by atoms with Gasteiger partial charge < -0.3 is 10.5 Å². The predicted molar refractivity (Wildman–Crippen MR) is 66.4 cm³/mol. The van der Waals surface area contributed by atoms with E-state index >= 15 is 0 Å². The Morgan fingerprint density at radius 2 is 1.88 bits per heavy atom. The van der Waals surface area contributed by atoms with Crippen LogP contribution in [-0.4, -0.2) is 43.3 Å². The van der Waals surface area contributed by atoms with Crippen molar-refractivity contribution in [2.24, 2.45) is 11.1 Å². The molecule has 3 nitrogen and oxygen atoms in total. The summed E-state index contributed by atoms with van der Waals surface area (Å²) in [5, 5.41) is 0. The lowest BCUT2D eigenvalue weighted by molar-refractivity contribution is -0.0105. The van der Waals surface area contributed by atoms with E-state index < -0.39 is 0 Å². The second-order valence-corrected chi connectivity index (χ2v) is 6.15. The molecular formula is C13H26N2O. The third kappa shape index (κ3) is 2.41. The van der Waals surface area contributed by atoms with Gasteiger partial charge in [-0.05, 0) is 58.0 Å². The maximum atomic E-state index is 6.02. The van der Waals surface area contributed by atoms with E-state index in [-0.39, 0.29) is 0 Å². The lowest BCUT2D eigenvalue weighted by atomic mass is 9.79. The molecule has 2 fully saturated rings. The van der Waals surface area contributed by atoms with Crippen LogP contribution < -0.4 is 5.73 Å². The minimum absolute atomic E-state index is 0.319. The van der Waals surface area contributed by atoms with Crippen LogP contribution in [0.25, 0.3) is 0 Å². The summed E-state index contributed by atoms with van der Waals surface area (Å²) in [4.78, 5) is 2.64. The largest absolute Gasteiger partial charge is 0.381 e. The Bertz CT molecular complexity index is 234. The van der Waals surface area contributed by atoms with E-state index in [4.69, 9.17) is 10.5 Å². The monoisotopic (exact) mass is 226 g/mol. The van der Waals surface area contributed by atoms with Crippen molar-refractivity contribution in [2.45, 2.75) is 45.1 Å². The fourth-order valence-electron chi connectivity index (χ4n) is 3.09. The summed E-state index contributed by atoms with van der Waals surface area (Å²) >= 11 is 0. The Labute approximate surface area is 99.3 Å². The second kappa shape index (κ2) is 4.63. The molecule has 2 aliphatic heterocycles. The first-order valence-corrected chi connectivity index (χ1v) is 6.61. The molecule has 0 amide bonds. The summed E-state index contributed by atoms with van der Waals surface area (Å²) < 4.78 is 5.47. The number of hydrogen-bond acceptors (Lipinski definition) is 3. The van der Waals surface area contributed by atoms with E-state index in [1.165, 1.54) is 25.9 Å². The highest BCUT2D eigenvalue weighted by atomic mass is 16.5. The number of ether oxygens (including phenoxy) is 1. The van der Waals surface area contributed by atoms with Gasteiger partial charge in [-0.25, -0.2) is 0 Å². The number of rotatable bonds is 3. The summed E-state index contributed by atoms with van der Waals surface area (Å²) in [6.45, 7) is 9.74. The Morgan fingerprint density at radius 3 is 2.38 bits per heavy atom. The third-order valence-corrected chi connectivity index (χ3v) is 4.59. The SMILES string of the molecule is CC1(C)CCCN1CC1(CN)CCOCC1. The van der Waals surface area contributed by atoms with Crippen molar-refractivity contribution < 1.29 is 4.74 Å². The van der Waals surface area contributed by atoms with E-state index in [1.54, 1.807) is 0 Å². The van der Waals surface area contributed by atoms with Crippen molar-refractivity contribution in [1.29, 1.82) is 0 Å². The molecule has 2 N–H and O–H groups in total. The first kappa shape index (κ1) is 12.3. The van der Waals surface area contributed by atoms with Crippen LogP contribution in [0, 0.1) is 5.41 Å². The van der Waals surface area contributed by atoms with Crippen LogP contribution in [0.4, 0.5) is 0 Å². The zero-order valence-electron chi connectivity index (χ0n) is 10.8. The zero-order chi connectivity index (χ0) is 11.6. The highest BCUT2D eigenvalue weighted by Crippen LogP contribution is 2.36. The molecule has 0 aliphatic carbocycles. The number of hydrogen-bond donors (Lipinski definition) is 1. The average Bonchev–Trinajstić information content (AvgIpc) is 2.60. The van der Waals surface area contributed by atoms with E-state index in [0.29, 0.717) is 11.0 Å². The average molecular weight is 226 g/mol. The molecule has 2 rings (SSSR count). The Balaban J connectivity index is 2.00. The van der Waals surface area contributed by atoms with Gasteiger partial charge in [0.15, 0.2) is 0 Å². The summed E-state index contributed by atoms with van der Waals surface area (Å²) in [5.74, 6) is 0. The maximum absolute atomic E-state index is 6.02. The molecule has 0 aromatic rings. The van der Waals surface area contributed by atoms with Crippen LogP contribution >= 0.6 is 0 Å². The van der Waals surface area contributed by atoms with Gasteiger partial charge in [-0.2, -0.15) is 0 Å². The molecule has 2 heterocycles. The van der Waals surface area contributed by atoms with Crippen LogP contribution in [0.15, 0.2) is 0 Å². The lowest BCUT2D eigenvalue weighted by Crippen LogP contribution is -2.50. The normalized spacial score (nSPS) is 29.4. The van der Waals surface area contributed by atoms with E-state index in [2.05, 4.69) is 18.7 Å². The van der Waals surface area contributed by atoms with Gasteiger partial charge in [0.1, 0.15) is 0 Å². The van der Waals surface area contributed by atoms with Crippen molar-refractivity contribution in [2.75, 3.05) is 32.8 Å². The summed E-state index contributed by atoms with van der Waals surface area (Å²) in [7, 11) is 0. The molecule has 0 spiro atoms. The Kier molecular flexibility index (Phi) is 3.57. The van der Waals surface area contributed by atoms with Crippen LogP contribution in [-0.2, 0) is 4.74 Å². The predicted octanol–water partition coefficient (Wildman–Crippen LogP) is 1.62. The van der Waals surface area contributed by atoms with Crippen molar-refractivity contribution in [3.8, 4) is 0 Å². The first-order valence-electron chi connectivity index (χ1n) is 6.61.